The van der Waals surface area contributed by atoms with Gasteiger partial charge >= 0.3 is 0 Å². The van der Waals surface area contributed by atoms with Crippen molar-refractivity contribution >= 4 is 31.3 Å². The highest BCUT2D eigenvalue weighted by Crippen LogP contribution is 2.31. The fraction of sp³-hybridized carbons (Fsp3) is 0.278. The molecule has 1 aliphatic heterocycles. The smallest absolute Gasteiger partial charge is 0.290 e. The van der Waals surface area contributed by atoms with Gasteiger partial charge in [0.2, 0.25) is 5.91 Å². The van der Waals surface area contributed by atoms with Crippen LogP contribution >= 0.6 is 0 Å². The van der Waals surface area contributed by atoms with E-state index in [1.165, 1.54) is 25.3 Å². The lowest BCUT2D eigenvalue weighted by Crippen LogP contribution is -2.25. The van der Waals surface area contributed by atoms with Crippen molar-refractivity contribution in [1.29, 1.82) is 0 Å². The molecule has 2 aromatic carbocycles. The molecule has 138 valence electrons. The SMILES string of the molecule is CC(=O)N1CCc2cc(S(=O)(=O)N=[S@@](C)(=O)c3ccc(C)cc3)ccc21. The molecule has 0 saturated heterocycles. The predicted molar refractivity (Wildman–Crippen MR) is 101 cm³/mol. The molecular weight excluding hydrogens is 372 g/mol. The van der Waals surface area contributed by atoms with Crippen LogP contribution < -0.4 is 4.90 Å². The molecule has 0 aliphatic carbocycles. The summed E-state index contributed by atoms with van der Waals surface area (Å²) in [6, 6.07) is 11.3. The van der Waals surface area contributed by atoms with Crippen molar-refractivity contribution in [2.45, 2.75) is 30.1 Å². The first-order valence-corrected chi connectivity index (χ1v) is 11.4. The maximum absolute atomic E-state index is 12.9. The molecule has 2 aromatic rings. The number of hydrogen-bond acceptors (Lipinski definition) is 4. The average molecular weight is 393 g/mol. The number of sulfonamides is 1. The largest absolute Gasteiger partial charge is 0.312 e. The molecular formula is C18H20N2O4S2. The standard InChI is InChI=1S/C18H20N2O4S2/c1-13-4-6-16(7-5-13)25(3,22)19-26(23,24)17-8-9-18-15(12-17)10-11-20(18)14(2)21/h4-9,12H,10-11H2,1-3H3/t25-/m0/s1. The molecule has 0 unspecified atom stereocenters. The number of hydrogen-bond donors (Lipinski definition) is 0. The number of fused-ring (bicyclic) bond motifs is 1. The fourth-order valence-corrected chi connectivity index (χ4v) is 6.29. The van der Waals surface area contributed by atoms with E-state index in [1.807, 2.05) is 6.92 Å². The molecule has 26 heavy (non-hydrogen) atoms. The maximum atomic E-state index is 12.9. The van der Waals surface area contributed by atoms with Crippen molar-refractivity contribution in [1.82, 2.24) is 0 Å². The summed E-state index contributed by atoms with van der Waals surface area (Å²) in [6.07, 6.45) is 1.90. The van der Waals surface area contributed by atoms with Crippen molar-refractivity contribution in [3.8, 4) is 0 Å². The van der Waals surface area contributed by atoms with Gasteiger partial charge in [-0.05, 0) is 49.2 Å². The van der Waals surface area contributed by atoms with Gasteiger partial charge in [0, 0.05) is 30.3 Å². The monoisotopic (exact) mass is 392 g/mol. The molecule has 3 rings (SSSR count). The van der Waals surface area contributed by atoms with Crippen molar-refractivity contribution in [2.24, 2.45) is 3.77 Å². The third-order valence-electron chi connectivity index (χ3n) is 4.32. The van der Waals surface area contributed by atoms with Crippen LogP contribution in [0.4, 0.5) is 5.69 Å². The highest BCUT2D eigenvalue weighted by molar-refractivity contribution is 8.03. The van der Waals surface area contributed by atoms with Gasteiger partial charge in [0.1, 0.15) is 0 Å². The first kappa shape index (κ1) is 18.6. The van der Waals surface area contributed by atoms with Crippen LogP contribution in [0.2, 0.25) is 0 Å². The van der Waals surface area contributed by atoms with Crippen molar-refractivity contribution in [3.05, 3.63) is 53.6 Å². The van der Waals surface area contributed by atoms with Gasteiger partial charge < -0.3 is 4.90 Å². The van der Waals surface area contributed by atoms with E-state index in [0.29, 0.717) is 23.5 Å². The van der Waals surface area contributed by atoms with Crippen LogP contribution in [0.3, 0.4) is 0 Å². The van der Waals surface area contributed by atoms with Gasteiger partial charge in [0.15, 0.2) is 0 Å². The van der Waals surface area contributed by atoms with Crippen molar-refractivity contribution in [2.75, 3.05) is 17.7 Å². The zero-order chi connectivity index (χ0) is 19.1. The van der Waals surface area contributed by atoms with Gasteiger partial charge in [-0.3, -0.25) is 4.79 Å². The molecule has 1 heterocycles. The minimum Gasteiger partial charge on any atom is -0.312 e. The second-order valence-electron chi connectivity index (χ2n) is 6.38. The van der Waals surface area contributed by atoms with Gasteiger partial charge in [-0.15, -0.1) is 3.77 Å². The van der Waals surface area contributed by atoms with Crippen molar-refractivity contribution < 1.29 is 17.4 Å². The Morgan fingerprint density at radius 2 is 1.65 bits per heavy atom. The third-order valence-corrected chi connectivity index (χ3v) is 8.24. The molecule has 0 radical (unpaired) electrons. The van der Waals surface area contributed by atoms with Crippen molar-refractivity contribution in [3.63, 3.8) is 0 Å². The topological polar surface area (TPSA) is 83.9 Å². The van der Waals surface area contributed by atoms with Crippen LogP contribution in [0, 0.1) is 6.92 Å². The molecule has 0 aromatic heterocycles. The molecule has 0 N–H and O–H groups in total. The Bertz CT molecular complexity index is 1100. The number of carbonyl (C=O) groups is 1. The normalized spacial score (nSPS) is 16.0. The van der Waals surface area contributed by atoms with Crippen LogP contribution in [-0.2, 0) is 31.0 Å². The number of rotatable bonds is 3. The van der Waals surface area contributed by atoms with E-state index in [0.717, 1.165) is 11.1 Å². The number of nitrogens with zero attached hydrogens (tertiary/aromatic N) is 2. The van der Waals surface area contributed by atoms with Gasteiger partial charge in [-0.2, -0.15) is 8.42 Å². The van der Waals surface area contributed by atoms with Gasteiger partial charge in [-0.25, -0.2) is 4.21 Å². The third kappa shape index (κ3) is 3.52. The summed E-state index contributed by atoms with van der Waals surface area (Å²) in [5.74, 6) is -0.0833. The summed E-state index contributed by atoms with van der Waals surface area (Å²) < 4.78 is 41.9. The zero-order valence-corrected chi connectivity index (χ0v) is 16.4. The lowest BCUT2D eigenvalue weighted by molar-refractivity contribution is -0.116. The predicted octanol–water partition coefficient (Wildman–Crippen LogP) is 2.75. The van der Waals surface area contributed by atoms with E-state index < -0.39 is 19.8 Å². The summed E-state index contributed by atoms with van der Waals surface area (Å²) in [5.41, 5.74) is 2.47. The Labute approximate surface area is 154 Å². The molecule has 0 saturated carbocycles. The summed E-state index contributed by atoms with van der Waals surface area (Å²) >= 11 is 0. The number of benzene rings is 2. The number of carbonyl (C=O) groups excluding carboxylic acids is 1. The number of aryl methyl sites for hydroxylation is 1. The summed E-state index contributed by atoms with van der Waals surface area (Å²) in [4.78, 5) is 13.6. The molecule has 0 spiro atoms. The Hall–Kier alpha value is -2.19. The Morgan fingerprint density at radius 3 is 2.27 bits per heavy atom. The summed E-state index contributed by atoms with van der Waals surface area (Å²) in [6.45, 7) is 3.89. The minimum absolute atomic E-state index is 0.0108. The average Bonchev–Trinajstić information content (AvgIpc) is 2.97. The maximum Gasteiger partial charge on any atom is 0.290 e. The Kier molecular flexibility index (Phi) is 4.66. The van der Waals surface area contributed by atoms with Crippen LogP contribution in [0.5, 0.6) is 0 Å². The quantitative estimate of drug-likeness (QED) is 0.804. The van der Waals surface area contributed by atoms with Crippen LogP contribution in [0.15, 0.2) is 56.0 Å². The fourth-order valence-electron chi connectivity index (χ4n) is 2.93. The van der Waals surface area contributed by atoms with Crippen LogP contribution in [-0.4, -0.2) is 31.3 Å². The molecule has 0 bridgehead atoms. The molecule has 1 amide bonds. The Balaban J connectivity index is 2.03. The lowest BCUT2D eigenvalue weighted by atomic mass is 10.2. The molecule has 0 fully saturated rings. The second kappa shape index (κ2) is 6.51. The van der Waals surface area contributed by atoms with E-state index >= 15 is 0 Å². The summed E-state index contributed by atoms with van der Waals surface area (Å²) in [7, 11) is -7.19. The summed E-state index contributed by atoms with van der Waals surface area (Å²) in [5, 5.41) is 0. The van der Waals surface area contributed by atoms with Gasteiger partial charge in [0.25, 0.3) is 10.0 Å². The van der Waals surface area contributed by atoms with E-state index in [-0.39, 0.29) is 10.8 Å². The van der Waals surface area contributed by atoms with Crippen LogP contribution in [0.25, 0.3) is 0 Å². The first-order chi connectivity index (χ1) is 12.1. The second-order valence-corrected chi connectivity index (χ2v) is 10.5. The zero-order valence-electron chi connectivity index (χ0n) is 14.8. The van der Waals surface area contributed by atoms with Crippen LogP contribution in [0.1, 0.15) is 18.1 Å². The molecule has 1 atom stereocenters. The number of anilines is 1. The molecule has 6 nitrogen and oxygen atoms in total. The first-order valence-electron chi connectivity index (χ1n) is 8.06. The Morgan fingerprint density at radius 1 is 1.04 bits per heavy atom. The van der Waals surface area contributed by atoms with E-state index in [4.69, 9.17) is 0 Å². The highest BCUT2D eigenvalue weighted by Gasteiger charge is 2.25. The molecule has 1 aliphatic rings. The number of amides is 1. The van der Waals surface area contributed by atoms with E-state index in [2.05, 4.69) is 3.77 Å². The lowest BCUT2D eigenvalue weighted by Gasteiger charge is -2.14. The van der Waals surface area contributed by atoms with E-state index in [9.17, 15) is 17.4 Å². The van der Waals surface area contributed by atoms with E-state index in [1.54, 1.807) is 35.2 Å². The van der Waals surface area contributed by atoms with Gasteiger partial charge in [0.05, 0.1) is 14.6 Å². The molecule has 8 heteroatoms. The highest BCUT2D eigenvalue weighted by atomic mass is 32.3. The minimum atomic E-state index is -4.09. The van der Waals surface area contributed by atoms with Gasteiger partial charge in [-0.1, -0.05) is 17.7 Å².